The van der Waals surface area contributed by atoms with Gasteiger partial charge in [-0.1, -0.05) is 116 Å². The van der Waals surface area contributed by atoms with Gasteiger partial charge in [-0.15, -0.1) is 13.2 Å². The van der Waals surface area contributed by atoms with E-state index in [1.807, 2.05) is 12.2 Å². The van der Waals surface area contributed by atoms with Gasteiger partial charge in [0.25, 0.3) is 0 Å². The fourth-order valence-corrected chi connectivity index (χ4v) is 2.85. The predicted molar refractivity (Wildman–Crippen MR) is 115 cm³/mol. The third-order valence-electron chi connectivity index (χ3n) is 4.52. The maximum absolute atomic E-state index is 3.72. The van der Waals surface area contributed by atoms with Crippen molar-refractivity contribution in [1.29, 1.82) is 0 Å². The molecule has 0 nitrogen and oxygen atoms in total. The minimum atomic E-state index is 1.20. The minimum Gasteiger partial charge on any atom is -0.103 e. The molecule has 0 bridgehead atoms. The lowest BCUT2D eigenvalue weighted by molar-refractivity contribution is 0.578. The molecule has 0 heteroatoms. The Kier molecular flexibility index (Phi) is 29.3. The number of allylic oxidation sites excluding steroid dienone is 2. The molecule has 0 saturated heterocycles. The van der Waals surface area contributed by atoms with E-state index in [0.29, 0.717) is 0 Å². The fraction of sp³-hybridized carbons (Fsp3) is 0.833. The van der Waals surface area contributed by atoms with E-state index in [4.69, 9.17) is 0 Å². The van der Waals surface area contributed by atoms with Crippen LogP contribution in [0.25, 0.3) is 0 Å². The Labute approximate surface area is 155 Å². The maximum atomic E-state index is 3.72. The monoisotopic (exact) mass is 336 g/mol. The summed E-state index contributed by atoms with van der Waals surface area (Å²) in [6.45, 7) is 12.0. The molecular formula is C24H48. The Morgan fingerprint density at radius 1 is 0.417 bits per heavy atom. The highest BCUT2D eigenvalue weighted by Crippen LogP contribution is 2.10. The van der Waals surface area contributed by atoms with Crippen LogP contribution in [0.3, 0.4) is 0 Å². The first-order valence-electron chi connectivity index (χ1n) is 11.0. The molecule has 0 aromatic heterocycles. The summed E-state index contributed by atoms with van der Waals surface area (Å²) < 4.78 is 0. The molecule has 144 valence electrons. The van der Waals surface area contributed by atoms with Crippen LogP contribution in [-0.2, 0) is 0 Å². The molecule has 0 fully saturated rings. The summed E-state index contributed by atoms with van der Waals surface area (Å²) in [5.41, 5.74) is 0. The van der Waals surface area contributed by atoms with Crippen LogP contribution in [0.1, 0.15) is 129 Å². The molecule has 0 aromatic carbocycles. The zero-order valence-corrected chi connectivity index (χ0v) is 17.3. The lowest BCUT2D eigenvalue weighted by Crippen LogP contribution is -1.79. The third-order valence-corrected chi connectivity index (χ3v) is 4.52. The van der Waals surface area contributed by atoms with Crippen LogP contribution in [-0.4, -0.2) is 0 Å². The lowest BCUT2D eigenvalue weighted by Gasteiger charge is -1.99. The number of hydrogen-bond acceptors (Lipinski definition) is 0. The summed E-state index contributed by atoms with van der Waals surface area (Å²) in [7, 11) is 0. The Hall–Kier alpha value is -0.520. The van der Waals surface area contributed by atoms with Crippen molar-refractivity contribution < 1.29 is 0 Å². The van der Waals surface area contributed by atoms with Gasteiger partial charge >= 0.3 is 0 Å². The molecule has 0 spiro atoms. The molecule has 24 heavy (non-hydrogen) atoms. The maximum Gasteiger partial charge on any atom is -0.0353 e. The van der Waals surface area contributed by atoms with Crippen LogP contribution < -0.4 is 0 Å². The topological polar surface area (TPSA) is 0 Å². The van der Waals surface area contributed by atoms with Crippen LogP contribution in [0.5, 0.6) is 0 Å². The molecule has 0 radical (unpaired) electrons. The lowest BCUT2D eigenvalue weighted by atomic mass is 10.1. The van der Waals surface area contributed by atoms with Crippen molar-refractivity contribution >= 4 is 0 Å². The van der Waals surface area contributed by atoms with Gasteiger partial charge in [-0.3, -0.25) is 0 Å². The molecule has 0 unspecified atom stereocenters. The smallest absolute Gasteiger partial charge is 0.0353 e. The van der Waals surface area contributed by atoms with Crippen LogP contribution >= 0.6 is 0 Å². The van der Waals surface area contributed by atoms with Crippen molar-refractivity contribution in [3.8, 4) is 0 Å². The second-order valence-electron chi connectivity index (χ2n) is 7.10. The molecule has 0 rings (SSSR count). The summed E-state index contributed by atoms with van der Waals surface area (Å²) in [5.74, 6) is 0. The van der Waals surface area contributed by atoms with E-state index in [0.717, 1.165) is 0 Å². The van der Waals surface area contributed by atoms with Crippen LogP contribution in [0, 0.1) is 0 Å². The first-order valence-corrected chi connectivity index (χ1v) is 11.0. The fourth-order valence-electron chi connectivity index (χ4n) is 2.85. The highest BCUT2D eigenvalue weighted by molar-refractivity contribution is 4.65. The molecule has 0 aliphatic heterocycles. The van der Waals surface area contributed by atoms with Crippen molar-refractivity contribution in [1.82, 2.24) is 0 Å². The van der Waals surface area contributed by atoms with Crippen LogP contribution in [0.2, 0.25) is 0 Å². The van der Waals surface area contributed by atoms with E-state index >= 15 is 0 Å². The van der Waals surface area contributed by atoms with E-state index < -0.39 is 0 Å². The minimum absolute atomic E-state index is 1.20. The van der Waals surface area contributed by atoms with Crippen molar-refractivity contribution in [2.75, 3.05) is 0 Å². The van der Waals surface area contributed by atoms with Gasteiger partial charge in [-0.05, 0) is 25.7 Å². The summed E-state index contributed by atoms with van der Waals surface area (Å²) in [6.07, 6.45) is 29.0. The van der Waals surface area contributed by atoms with Gasteiger partial charge in [0.05, 0.1) is 0 Å². The van der Waals surface area contributed by atoms with E-state index in [1.165, 1.54) is 116 Å². The number of unbranched alkanes of at least 4 members (excludes halogenated alkanes) is 16. The van der Waals surface area contributed by atoms with E-state index in [9.17, 15) is 0 Å². The largest absolute Gasteiger partial charge is 0.103 e. The van der Waals surface area contributed by atoms with Crippen molar-refractivity contribution in [2.45, 2.75) is 129 Å². The summed E-state index contributed by atoms with van der Waals surface area (Å²) in [5, 5.41) is 0. The molecular weight excluding hydrogens is 288 g/mol. The predicted octanol–water partition coefficient (Wildman–Crippen LogP) is 9.41. The number of hydrogen-bond donors (Lipinski definition) is 0. The first kappa shape index (κ1) is 25.7. The summed E-state index contributed by atoms with van der Waals surface area (Å²) >= 11 is 0. The molecule has 0 aliphatic rings. The van der Waals surface area contributed by atoms with Crippen molar-refractivity contribution in [3.63, 3.8) is 0 Å². The highest BCUT2D eigenvalue weighted by Gasteiger charge is 1.90. The molecule has 0 heterocycles. The van der Waals surface area contributed by atoms with Gasteiger partial charge in [0.15, 0.2) is 0 Å². The Morgan fingerprint density at radius 3 is 0.917 bits per heavy atom. The molecule has 0 atom stereocenters. The average Bonchev–Trinajstić information content (AvgIpc) is 2.60. The van der Waals surface area contributed by atoms with Gasteiger partial charge in [0, 0.05) is 0 Å². The zero-order chi connectivity index (χ0) is 18.1. The second kappa shape index (κ2) is 27.3. The molecule has 0 amide bonds. The Bertz CT molecular complexity index is 192. The second-order valence-corrected chi connectivity index (χ2v) is 7.10. The van der Waals surface area contributed by atoms with E-state index in [1.54, 1.807) is 0 Å². The Balaban J connectivity index is 0. The van der Waals surface area contributed by atoms with Gasteiger partial charge in [0.1, 0.15) is 0 Å². The van der Waals surface area contributed by atoms with Gasteiger partial charge in [-0.2, -0.15) is 0 Å². The van der Waals surface area contributed by atoms with Gasteiger partial charge in [0.2, 0.25) is 0 Å². The van der Waals surface area contributed by atoms with Crippen LogP contribution in [0.15, 0.2) is 25.3 Å². The first-order chi connectivity index (χ1) is 11.8. The van der Waals surface area contributed by atoms with Crippen molar-refractivity contribution in [2.24, 2.45) is 0 Å². The molecule has 0 N–H and O–H groups in total. The Morgan fingerprint density at radius 2 is 0.667 bits per heavy atom. The quantitative estimate of drug-likeness (QED) is 0.173. The standard InChI is InChI=1S/2C12H24/c2*1-3-5-7-9-11-12-10-8-6-4-2/h2*3H,1,4-12H2,2H3. The van der Waals surface area contributed by atoms with Crippen LogP contribution in [0.4, 0.5) is 0 Å². The normalized spacial score (nSPS) is 10.1. The van der Waals surface area contributed by atoms with E-state index in [-0.39, 0.29) is 0 Å². The number of rotatable bonds is 18. The third kappa shape index (κ3) is 29.5. The SMILES string of the molecule is C=CCCCCCCCCCC.C=CCCCCCCCCCC. The van der Waals surface area contributed by atoms with E-state index in [2.05, 4.69) is 27.0 Å². The molecule has 0 aromatic rings. The zero-order valence-electron chi connectivity index (χ0n) is 17.3. The van der Waals surface area contributed by atoms with Crippen molar-refractivity contribution in [3.05, 3.63) is 25.3 Å². The molecule has 0 saturated carbocycles. The highest BCUT2D eigenvalue weighted by atomic mass is 14.0. The summed E-state index contributed by atoms with van der Waals surface area (Å²) in [4.78, 5) is 0. The summed E-state index contributed by atoms with van der Waals surface area (Å²) in [6, 6.07) is 0. The molecule has 0 aliphatic carbocycles. The van der Waals surface area contributed by atoms with Gasteiger partial charge < -0.3 is 0 Å². The average molecular weight is 337 g/mol. The van der Waals surface area contributed by atoms with Gasteiger partial charge in [-0.25, -0.2) is 0 Å².